The highest BCUT2D eigenvalue weighted by molar-refractivity contribution is 5.98. The van der Waals surface area contributed by atoms with Gasteiger partial charge in [-0.3, -0.25) is 4.79 Å². The average Bonchev–Trinajstić information content (AvgIpc) is 2.43. The van der Waals surface area contributed by atoms with Crippen molar-refractivity contribution >= 4 is 11.6 Å². The summed E-state index contributed by atoms with van der Waals surface area (Å²) in [7, 11) is 0. The van der Waals surface area contributed by atoms with Gasteiger partial charge in [-0.15, -0.1) is 0 Å². The molecule has 2 heterocycles. The number of aromatic nitrogens is 1. The Bertz CT molecular complexity index is 450. The van der Waals surface area contributed by atoms with E-state index >= 15 is 0 Å². The van der Waals surface area contributed by atoms with Crippen LogP contribution < -0.4 is 9.64 Å². The third kappa shape index (κ3) is 2.87. The van der Waals surface area contributed by atoms with Crippen molar-refractivity contribution in [2.45, 2.75) is 39.4 Å². The monoisotopic (exact) mass is 264 g/mol. The first-order valence-corrected chi connectivity index (χ1v) is 6.72. The van der Waals surface area contributed by atoms with Crippen molar-refractivity contribution in [3.05, 3.63) is 18.3 Å². The van der Waals surface area contributed by atoms with E-state index in [1.807, 2.05) is 26.8 Å². The molecule has 104 valence electrons. The van der Waals surface area contributed by atoms with Crippen LogP contribution in [0.5, 0.6) is 5.88 Å². The molecular weight excluding hydrogens is 244 g/mol. The second kappa shape index (κ2) is 6.02. The molecule has 0 saturated carbocycles. The van der Waals surface area contributed by atoms with E-state index in [1.54, 1.807) is 17.2 Å². The number of rotatable bonds is 4. The molecule has 0 saturated heterocycles. The second-order valence-electron chi connectivity index (χ2n) is 4.56. The molecule has 1 amide bonds. The zero-order valence-corrected chi connectivity index (χ0v) is 11.6. The predicted octanol–water partition coefficient (Wildman–Crippen LogP) is 2.01. The summed E-state index contributed by atoms with van der Waals surface area (Å²) >= 11 is 0. The summed E-state index contributed by atoms with van der Waals surface area (Å²) in [5.74, 6) is 0.495. The van der Waals surface area contributed by atoms with E-state index in [1.165, 1.54) is 0 Å². The number of pyridine rings is 1. The number of nitrogens with zero attached hydrogens (tertiary/aromatic N) is 2. The molecule has 0 aliphatic carbocycles. The molecule has 0 N–H and O–H groups in total. The van der Waals surface area contributed by atoms with Crippen LogP contribution in [0.4, 0.5) is 5.69 Å². The zero-order valence-electron chi connectivity index (χ0n) is 11.6. The molecule has 5 heteroatoms. The molecule has 1 aliphatic heterocycles. The maximum atomic E-state index is 12.5. The third-order valence-corrected chi connectivity index (χ3v) is 3.07. The molecule has 0 aromatic carbocycles. The Kier molecular flexibility index (Phi) is 4.37. The predicted molar refractivity (Wildman–Crippen MR) is 72.4 cm³/mol. The van der Waals surface area contributed by atoms with Crippen LogP contribution in [0.25, 0.3) is 0 Å². The first-order chi connectivity index (χ1) is 9.17. The fourth-order valence-electron chi connectivity index (χ4n) is 2.21. The fourth-order valence-corrected chi connectivity index (χ4v) is 2.21. The van der Waals surface area contributed by atoms with Gasteiger partial charge in [-0.2, -0.15) is 0 Å². The number of hydrogen-bond donors (Lipinski definition) is 0. The number of hydrogen-bond acceptors (Lipinski definition) is 4. The van der Waals surface area contributed by atoms with Crippen molar-refractivity contribution in [2.24, 2.45) is 0 Å². The molecule has 0 fully saturated rings. The number of carbonyl (C=O) groups excluding carboxylic acids is 1. The molecule has 0 radical (unpaired) electrons. The lowest BCUT2D eigenvalue weighted by Crippen LogP contribution is -2.47. The minimum absolute atomic E-state index is 0.0197. The highest BCUT2D eigenvalue weighted by atomic mass is 16.5. The Morgan fingerprint density at radius 1 is 1.63 bits per heavy atom. The van der Waals surface area contributed by atoms with Crippen LogP contribution >= 0.6 is 0 Å². The summed E-state index contributed by atoms with van der Waals surface area (Å²) in [6, 6.07) is 3.66. The third-order valence-electron chi connectivity index (χ3n) is 3.07. The van der Waals surface area contributed by atoms with Gasteiger partial charge in [0.05, 0.1) is 6.54 Å². The van der Waals surface area contributed by atoms with Crippen LogP contribution in [0.3, 0.4) is 0 Å². The Hall–Kier alpha value is -1.62. The molecule has 19 heavy (non-hydrogen) atoms. The zero-order chi connectivity index (χ0) is 13.8. The SMILES string of the molecule is CCO[C@@H](CC)C(=O)N1C[C@H](C)Oc2ncccc21. The Morgan fingerprint density at radius 2 is 2.42 bits per heavy atom. The maximum Gasteiger partial charge on any atom is 0.256 e. The van der Waals surface area contributed by atoms with Crippen LogP contribution in [-0.2, 0) is 9.53 Å². The lowest BCUT2D eigenvalue weighted by molar-refractivity contribution is -0.130. The number of carbonyl (C=O) groups is 1. The summed E-state index contributed by atoms with van der Waals surface area (Å²) in [6.45, 7) is 6.84. The van der Waals surface area contributed by atoms with E-state index in [2.05, 4.69) is 4.98 Å². The smallest absolute Gasteiger partial charge is 0.256 e. The summed E-state index contributed by atoms with van der Waals surface area (Å²) in [6.07, 6.45) is 1.86. The van der Waals surface area contributed by atoms with E-state index in [-0.39, 0.29) is 12.0 Å². The Labute approximate surface area is 113 Å². The standard InChI is InChI=1S/C14H20N2O3/c1-4-12(18-5-2)14(17)16-9-10(3)19-13-11(16)7-6-8-15-13/h6-8,10,12H,4-5,9H2,1-3H3/t10-,12-/m0/s1. The van der Waals surface area contributed by atoms with Gasteiger partial charge in [-0.1, -0.05) is 6.92 Å². The normalized spacial score (nSPS) is 19.5. The van der Waals surface area contributed by atoms with Gasteiger partial charge < -0.3 is 14.4 Å². The molecule has 1 aromatic rings. The molecule has 0 unspecified atom stereocenters. The molecule has 0 bridgehead atoms. The Morgan fingerprint density at radius 3 is 3.11 bits per heavy atom. The van der Waals surface area contributed by atoms with Gasteiger partial charge in [0.15, 0.2) is 0 Å². The highest BCUT2D eigenvalue weighted by Gasteiger charge is 2.32. The number of anilines is 1. The Balaban J connectivity index is 2.26. The van der Waals surface area contributed by atoms with E-state index in [4.69, 9.17) is 9.47 Å². The van der Waals surface area contributed by atoms with E-state index in [0.717, 1.165) is 5.69 Å². The van der Waals surface area contributed by atoms with Crippen molar-refractivity contribution in [2.75, 3.05) is 18.1 Å². The van der Waals surface area contributed by atoms with Gasteiger partial charge in [0.2, 0.25) is 5.88 Å². The first kappa shape index (κ1) is 13.8. The van der Waals surface area contributed by atoms with Crippen molar-refractivity contribution in [1.82, 2.24) is 4.98 Å². The van der Waals surface area contributed by atoms with Gasteiger partial charge in [-0.25, -0.2) is 4.98 Å². The average molecular weight is 264 g/mol. The minimum atomic E-state index is -0.400. The van der Waals surface area contributed by atoms with Crippen molar-refractivity contribution in [3.63, 3.8) is 0 Å². The molecule has 2 atom stereocenters. The summed E-state index contributed by atoms with van der Waals surface area (Å²) < 4.78 is 11.1. The van der Waals surface area contributed by atoms with Gasteiger partial charge in [0.1, 0.15) is 17.9 Å². The van der Waals surface area contributed by atoms with Gasteiger partial charge in [0.25, 0.3) is 5.91 Å². The van der Waals surface area contributed by atoms with Crippen LogP contribution in [0, 0.1) is 0 Å². The topological polar surface area (TPSA) is 51.7 Å². The fraction of sp³-hybridized carbons (Fsp3) is 0.571. The lowest BCUT2D eigenvalue weighted by Gasteiger charge is -2.34. The van der Waals surface area contributed by atoms with E-state index in [0.29, 0.717) is 25.5 Å². The summed E-state index contributed by atoms with van der Waals surface area (Å²) in [5.41, 5.74) is 0.726. The molecule has 2 rings (SSSR count). The number of ether oxygens (including phenoxy) is 2. The van der Waals surface area contributed by atoms with Crippen LogP contribution in [-0.4, -0.2) is 36.3 Å². The highest BCUT2D eigenvalue weighted by Crippen LogP contribution is 2.31. The van der Waals surface area contributed by atoms with Crippen molar-refractivity contribution in [1.29, 1.82) is 0 Å². The molecule has 5 nitrogen and oxygen atoms in total. The molecule has 0 spiro atoms. The minimum Gasteiger partial charge on any atom is -0.471 e. The molecular formula is C14H20N2O3. The lowest BCUT2D eigenvalue weighted by atomic mass is 10.2. The summed E-state index contributed by atoms with van der Waals surface area (Å²) in [4.78, 5) is 18.4. The number of amides is 1. The van der Waals surface area contributed by atoms with E-state index in [9.17, 15) is 4.79 Å². The van der Waals surface area contributed by atoms with Gasteiger partial charge in [0, 0.05) is 12.8 Å². The van der Waals surface area contributed by atoms with E-state index < -0.39 is 6.10 Å². The van der Waals surface area contributed by atoms with Crippen LogP contribution in [0.1, 0.15) is 27.2 Å². The number of fused-ring (bicyclic) bond motifs is 1. The quantitative estimate of drug-likeness (QED) is 0.834. The second-order valence-corrected chi connectivity index (χ2v) is 4.56. The first-order valence-electron chi connectivity index (χ1n) is 6.72. The van der Waals surface area contributed by atoms with Crippen LogP contribution in [0.15, 0.2) is 18.3 Å². The largest absolute Gasteiger partial charge is 0.471 e. The van der Waals surface area contributed by atoms with Crippen molar-refractivity contribution in [3.8, 4) is 5.88 Å². The van der Waals surface area contributed by atoms with Gasteiger partial charge >= 0.3 is 0 Å². The summed E-state index contributed by atoms with van der Waals surface area (Å²) in [5, 5.41) is 0. The maximum absolute atomic E-state index is 12.5. The molecule has 1 aromatic heterocycles. The van der Waals surface area contributed by atoms with Crippen LogP contribution in [0.2, 0.25) is 0 Å². The van der Waals surface area contributed by atoms with Crippen molar-refractivity contribution < 1.29 is 14.3 Å². The van der Waals surface area contributed by atoms with Gasteiger partial charge in [-0.05, 0) is 32.4 Å². The molecule has 1 aliphatic rings.